The number of nitrogens with one attached hydrogen (secondary N) is 2. The monoisotopic (exact) mass is 452 g/mol. The zero-order chi connectivity index (χ0) is 21.9. The molecule has 3 aromatic rings. The van der Waals surface area contributed by atoms with Crippen LogP contribution in [0.4, 0.5) is 24.5 Å². The number of benzene rings is 3. The number of anilines is 2. The van der Waals surface area contributed by atoms with E-state index >= 15 is 0 Å². The average molecular weight is 453 g/mol. The van der Waals surface area contributed by atoms with Crippen molar-refractivity contribution < 1.29 is 22.8 Å². The molecule has 0 spiro atoms. The lowest BCUT2D eigenvalue weighted by Crippen LogP contribution is -2.14. The highest BCUT2D eigenvalue weighted by molar-refractivity contribution is 6.36. The number of hydrogen-bond acceptors (Lipinski definition) is 2. The summed E-state index contributed by atoms with van der Waals surface area (Å²) in [7, 11) is 0. The molecule has 0 saturated carbocycles. The van der Waals surface area contributed by atoms with Gasteiger partial charge in [-0.1, -0.05) is 29.3 Å². The predicted octanol–water partition coefficient (Wildman–Crippen LogP) is 6.52. The van der Waals surface area contributed by atoms with E-state index in [0.29, 0.717) is 10.7 Å². The van der Waals surface area contributed by atoms with Crippen molar-refractivity contribution in [2.24, 2.45) is 0 Å². The molecule has 0 aliphatic carbocycles. The fraction of sp³-hybridized carbons (Fsp3) is 0.0476. The lowest BCUT2D eigenvalue weighted by atomic mass is 10.1. The molecule has 0 atom stereocenters. The number of hydrogen-bond donors (Lipinski definition) is 2. The van der Waals surface area contributed by atoms with Gasteiger partial charge in [-0.3, -0.25) is 9.59 Å². The molecule has 0 heterocycles. The molecule has 0 saturated heterocycles. The summed E-state index contributed by atoms with van der Waals surface area (Å²) < 4.78 is 38.4. The van der Waals surface area contributed by atoms with Crippen LogP contribution in [0.1, 0.15) is 26.3 Å². The number of alkyl halides is 3. The van der Waals surface area contributed by atoms with Gasteiger partial charge in [0.1, 0.15) is 0 Å². The van der Waals surface area contributed by atoms with Crippen LogP contribution >= 0.6 is 23.2 Å². The van der Waals surface area contributed by atoms with Crippen LogP contribution in [0.5, 0.6) is 0 Å². The quantitative estimate of drug-likeness (QED) is 0.473. The first-order valence-corrected chi connectivity index (χ1v) is 9.24. The molecule has 0 radical (unpaired) electrons. The topological polar surface area (TPSA) is 58.2 Å². The van der Waals surface area contributed by atoms with Crippen LogP contribution in [0.25, 0.3) is 0 Å². The van der Waals surface area contributed by atoms with E-state index in [1.54, 1.807) is 6.07 Å². The Morgan fingerprint density at radius 2 is 1.43 bits per heavy atom. The summed E-state index contributed by atoms with van der Waals surface area (Å²) in [5.74, 6) is -1.08. The third kappa shape index (κ3) is 5.31. The Morgan fingerprint density at radius 3 is 2.10 bits per heavy atom. The number of carbonyl (C=O) groups is 2. The van der Waals surface area contributed by atoms with Gasteiger partial charge < -0.3 is 10.6 Å². The Balaban J connectivity index is 1.69. The van der Waals surface area contributed by atoms with Crippen molar-refractivity contribution >= 4 is 46.4 Å². The highest BCUT2D eigenvalue weighted by Crippen LogP contribution is 2.30. The van der Waals surface area contributed by atoms with Gasteiger partial charge >= 0.3 is 6.18 Å². The van der Waals surface area contributed by atoms with Crippen molar-refractivity contribution in [2.75, 3.05) is 10.6 Å². The van der Waals surface area contributed by atoms with E-state index in [1.807, 2.05) is 0 Å². The lowest BCUT2D eigenvalue weighted by molar-refractivity contribution is -0.137. The Morgan fingerprint density at radius 1 is 0.767 bits per heavy atom. The Bertz CT molecular complexity index is 1100. The second kappa shape index (κ2) is 8.77. The summed E-state index contributed by atoms with van der Waals surface area (Å²) in [6.45, 7) is 0. The molecule has 0 aromatic heterocycles. The molecule has 2 N–H and O–H groups in total. The van der Waals surface area contributed by atoms with Crippen molar-refractivity contribution in [2.45, 2.75) is 6.18 Å². The fourth-order valence-electron chi connectivity index (χ4n) is 2.55. The minimum atomic E-state index is -4.51. The Kier molecular flexibility index (Phi) is 6.34. The normalized spacial score (nSPS) is 11.1. The molecule has 3 aromatic carbocycles. The molecular formula is C21H13Cl2F3N2O2. The second-order valence-corrected chi connectivity index (χ2v) is 7.03. The molecule has 9 heteroatoms. The minimum Gasteiger partial charge on any atom is -0.322 e. The van der Waals surface area contributed by atoms with Crippen LogP contribution in [-0.4, -0.2) is 11.8 Å². The molecule has 0 aliphatic rings. The maximum absolute atomic E-state index is 12.8. The number of rotatable bonds is 4. The number of carbonyl (C=O) groups excluding carboxylic acids is 2. The van der Waals surface area contributed by atoms with E-state index < -0.39 is 23.6 Å². The van der Waals surface area contributed by atoms with Gasteiger partial charge in [0.15, 0.2) is 0 Å². The van der Waals surface area contributed by atoms with Crippen LogP contribution in [-0.2, 0) is 6.18 Å². The first-order chi connectivity index (χ1) is 14.1. The van der Waals surface area contributed by atoms with Gasteiger partial charge in [-0.05, 0) is 60.7 Å². The first kappa shape index (κ1) is 21.7. The van der Waals surface area contributed by atoms with Crippen molar-refractivity contribution in [3.63, 3.8) is 0 Å². The van der Waals surface area contributed by atoms with Gasteiger partial charge in [0.25, 0.3) is 11.8 Å². The van der Waals surface area contributed by atoms with E-state index in [4.69, 9.17) is 23.2 Å². The second-order valence-electron chi connectivity index (χ2n) is 6.19. The standard InChI is InChI=1S/C21H13Cl2F3N2O2/c22-14-6-9-18(23)17(11-14)20(30)27-15-7-4-12(5-8-15)19(29)28-16-3-1-2-13(10-16)21(24,25)26/h1-11H,(H,27,30)(H,28,29). The Labute approximate surface area is 179 Å². The van der Waals surface area contributed by atoms with Gasteiger partial charge in [-0.25, -0.2) is 0 Å². The maximum atomic E-state index is 12.8. The van der Waals surface area contributed by atoms with E-state index in [1.165, 1.54) is 48.5 Å². The summed E-state index contributed by atoms with van der Waals surface area (Å²) in [6.07, 6.45) is -4.51. The maximum Gasteiger partial charge on any atom is 0.416 e. The van der Waals surface area contributed by atoms with Crippen molar-refractivity contribution in [1.82, 2.24) is 0 Å². The molecule has 0 fully saturated rings. The molecule has 154 valence electrons. The zero-order valence-corrected chi connectivity index (χ0v) is 16.6. The third-order valence-electron chi connectivity index (χ3n) is 4.03. The molecule has 30 heavy (non-hydrogen) atoms. The van der Waals surface area contributed by atoms with Gasteiger partial charge in [-0.15, -0.1) is 0 Å². The van der Waals surface area contributed by atoms with E-state index in [2.05, 4.69) is 10.6 Å². The van der Waals surface area contributed by atoms with E-state index in [9.17, 15) is 22.8 Å². The molecule has 4 nitrogen and oxygen atoms in total. The zero-order valence-electron chi connectivity index (χ0n) is 15.1. The summed E-state index contributed by atoms with van der Waals surface area (Å²) in [4.78, 5) is 24.6. The fourth-order valence-corrected chi connectivity index (χ4v) is 2.93. The lowest BCUT2D eigenvalue weighted by Gasteiger charge is -2.11. The molecular weight excluding hydrogens is 440 g/mol. The molecule has 0 aliphatic heterocycles. The van der Waals surface area contributed by atoms with Gasteiger partial charge in [-0.2, -0.15) is 13.2 Å². The Hall–Kier alpha value is -3.03. The predicted molar refractivity (Wildman–Crippen MR) is 110 cm³/mol. The van der Waals surface area contributed by atoms with Crippen molar-refractivity contribution in [3.8, 4) is 0 Å². The molecule has 2 amide bonds. The van der Waals surface area contributed by atoms with E-state index in [-0.39, 0.29) is 21.8 Å². The van der Waals surface area contributed by atoms with Gasteiger partial charge in [0, 0.05) is 22.0 Å². The first-order valence-electron chi connectivity index (χ1n) is 8.48. The van der Waals surface area contributed by atoms with Crippen molar-refractivity contribution in [1.29, 1.82) is 0 Å². The molecule has 0 unspecified atom stereocenters. The summed E-state index contributed by atoms with van der Waals surface area (Å²) in [5.41, 5.74) is -0.0609. The van der Waals surface area contributed by atoms with Gasteiger partial charge in [0.2, 0.25) is 0 Å². The van der Waals surface area contributed by atoms with E-state index in [0.717, 1.165) is 12.1 Å². The largest absolute Gasteiger partial charge is 0.416 e. The SMILES string of the molecule is O=C(Nc1cccc(C(F)(F)F)c1)c1ccc(NC(=O)c2cc(Cl)ccc2Cl)cc1. The third-order valence-corrected chi connectivity index (χ3v) is 4.59. The minimum absolute atomic E-state index is 0.0165. The molecule has 3 rings (SSSR count). The van der Waals surface area contributed by atoms with Crippen molar-refractivity contribution in [3.05, 3.63) is 93.5 Å². The average Bonchev–Trinajstić information content (AvgIpc) is 2.70. The van der Waals surface area contributed by atoms with Crippen LogP contribution in [0.2, 0.25) is 10.0 Å². The van der Waals surface area contributed by atoms with Crippen LogP contribution in [0.3, 0.4) is 0 Å². The molecule has 0 bridgehead atoms. The highest BCUT2D eigenvalue weighted by Gasteiger charge is 2.30. The highest BCUT2D eigenvalue weighted by atomic mass is 35.5. The summed E-state index contributed by atoms with van der Waals surface area (Å²) in [5, 5.41) is 5.62. The summed E-state index contributed by atoms with van der Waals surface area (Å²) >= 11 is 11.9. The van der Waals surface area contributed by atoms with Crippen LogP contribution in [0, 0.1) is 0 Å². The number of halogens is 5. The smallest absolute Gasteiger partial charge is 0.322 e. The summed E-state index contributed by atoms with van der Waals surface area (Å²) in [6, 6.07) is 14.6. The number of amides is 2. The van der Waals surface area contributed by atoms with Crippen LogP contribution in [0.15, 0.2) is 66.7 Å². The van der Waals surface area contributed by atoms with Gasteiger partial charge in [0.05, 0.1) is 16.1 Å². The van der Waals surface area contributed by atoms with Crippen LogP contribution < -0.4 is 10.6 Å².